The van der Waals surface area contributed by atoms with Gasteiger partial charge < -0.3 is 14.2 Å². The molecule has 0 fully saturated rings. The molecule has 4 heteroatoms. The van der Waals surface area contributed by atoms with Crippen LogP contribution in [0.15, 0.2) is 109 Å². The Labute approximate surface area is 185 Å². The van der Waals surface area contributed by atoms with Crippen molar-refractivity contribution < 1.29 is 14.2 Å². The maximum absolute atomic E-state index is 5.88. The van der Waals surface area contributed by atoms with Crippen LogP contribution in [0.4, 0.5) is 0 Å². The number of methoxy groups -OCH3 is 2. The van der Waals surface area contributed by atoms with Crippen molar-refractivity contribution in [2.75, 3.05) is 14.2 Å². The van der Waals surface area contributed by atoms with E-state index >= 15 is 0 Å². The molecule has 31 heavy (non-hydrogen) atoms. The fraction of sp³-hybridized carbons (Fsp3) is 0.111. The van der Waals surface area contributed by atoms with Gasteiger partial charge in [0.1, 0.15) is 11.5 Å². The van der Waals surface area contributed by atoms with E-state index in [9.17, 15) is 0 Å². The Morgan fingerprint density at radius 1 is 0.548 bits per heavy atom. The Hall–Kier alpha value is -2.97. The Morgan fingerprint density at radius 3 is 1.35 bits per heavy atom. The Kier molecular flexibility index (Phi) is 6.79. The highest BCUT2D eigenvalue weighted by Gasteiger charge is 2.42. The second-order valence-corrected chi connectivity index (χ2v) is 8.38. The lowest BCUT2D eigenvalue weighted by Crippen LogP contribution is -2.35. The van der Waals surface area contributed by atoms with Crippen LogP contribution in [0, 0.1) is 0 Å². The lowest BCUT2D eigenvalue weighted by molar-refractivity contribution is -0.187. The maximum atomic E-state index is 5.88. The van der Waals surface area contributed by atoms with Gasteiger partial charge in [0, 0.05) is 14.2 Å². The van der Waals surface area contributed by atoms with Crippen LogP contribution in [0.2, 0.25) is 0 Å². The molecule has 0 aliphatic carbocycles. The predicted molar refractivity (Wildman–Crippen MR) is 128 cm³/mol. The zero-order valence-corrected chi connectivity index (χ0v) is 18.6. The lowest BCUT2D eigenvalue weighted by atomic mass is 9.93. The molecule has 4 aromatic carbocycles. The molecule has 0 aromatic heterocycles. The van der Waals surface area contributed by atoms with Crippen molar-refractivity contribution in [3.63, 3.8) is 0 Å². The summed E-state index contributed by atoms with van der Waals surface area (Å²) in [7, 11) is 4.06. The highest BCUT2D eigenvalue weighted by atomic mass is 31.1. The van der Waals surface area contributed by atoms with Gasteiger partial charge in [0.05, 0.1) is 11.1 Å². The minimum atomic E-state index is -0.897. The first-order valence-corrected chi connectivity index (χ1v) is 11.1. The molecular weight excluding hydrogens is 403 g/mol. The molecule has 0 unspecified atom stereocenters. The molecule has 0 atom stereocenters. The van der Waals surface area contributed by atoms with Gasteiger partial charge in [0.25, 0.3) is 0 Å². The SMILES string of the molecule is COC1(OC)c2ccccc2Oc2ccccc21.c1ccc(Pc2ccccc2)cc1. The zero-order chi connectivity index (χ0) is 21.5. The number of ether oxygens (including phenoxy) is 3. The zero-order valence-electron chi connectivity index (χ0n) is 17.6. The molecule has 0 saturated carbocycles. The van der Waals surface area contributed by atoms with E-state index in [2.05, 4.69) is 60.7 Å². The second-order valence-electron chi connectivity index (χ2n) is 6.98. The largest absolute Gasteiger partial charge is 0.456 e. The fourth-order valence-corrected chi connectivity index (χ4v) is 4.70. The molecule has 0 N–H and O–H groups in total. The van der Waals surface area contributed by atoms with Crippen molar-refractivity contribution in [1.29, 1.82) is 0 Å². The number of rotatable bonds is 4. The Bertz CT molecular complexity index is 1020. The van der Waals surface area contributed by atoms with E-state index in [0.29, 0.717) is 0 Å². The first-order chi connectivity index (χ1) is 15.3. The molecule has 0 saturated heterocycles. The molecule has 4 aromatic rings. The van der Waals surface area contributed by atoms with Gasteiger partial charge in [-0.1, -0.05) is 93.5 Å². The summed E-state index contributed by atoms with van der Waals surface area (Å²) in [6.07, 6.45) is 0. The average Bonchev–Trinajstić information content (AvgIpc) is 2.84. The van der Waals surface area contributed by atoms with Crippen LogP contribution in [-0.2, 0) is 15.3 Å². The molecule has 0 spiro atoms. The van der Waals surface area contributed by atoms with Crippen molar-refractivity contribution in [3.05, 3.63) is 120 Å². The molecule has 1 aliphatic rings. The van der Waals surface area contributed by atoms with Gasteiger partial charge in [-0.2, -0.15) is 0 Å². The summed E-state index contributed by atoms with van der Waals surface area (Å²) in [5.41, 5.74) is 1.77. The summed E-state index contributed by atoms with van der Waals surface area (Å²) in [5, 5.41) is 2.79. The Morgan fingerprint density at radius 2 is 0.935 bits per heavy atom. The van der Waals surface area contributed by atoms with Gasteiger partial charge in [-0.15, -0.1) is 0 Å². The molecule has 1 heterocycles. The third-order valence-electron chi connectivity index (χ3n) is 5.11. The summed E-state index contributed by atoms with van der Waals surface area (Å²) in [6.45, 7) is 0. The summed E-state index contributed by atoms with van der Waals surface area (Å²) in [5.74, 6) is 0.630. The van der Waals surface area contributed by atoms with Gasteiger partial charge >= 0.3 is 0 Å². The molecule has 0 radical (unpaired) electrons. The monoisotopic (exact) mass is 428 g/mol. The predicted octanol–water partition coefficient (Wildman–Crippen LogP) is 5.60. The third kappa shape index (κ3) is 4.55. The summed E-state index contributed by atoms with van der Waals surface area (Å²) < 4.78 is 17.2. The molecular formula is C27H25O3P. The Balaban J connectivity index is 0.000000158. The highest BCUT2D eigenvalue weighted by molar-refractivity contribution is 7.55. The normalized spacial score (nSPS) is 13.1. The second kappa shape index (κ2) is 9.89. The van der Waals surface area contributed by atoms with Gasteiger partial charge in [-0.25, -0.2) is 0 Å². The first kappa shape index (κ1) is 21.3. The smallest absolute Gasteiger partial charge is 0.229 e. The molecule has 5 rings (SSSR count). The first-order valence-electron chi connectivity index (χ1n) is 10.1. The number of fused-ring (bicyclic) bond motifs is 2. The third-order valence-corrected chi connectivity index (χ3v) is 6.36. The van der Waals surface area contributed by atoms with Crippen molar-refractivity contribution in [2.45, 2.75) is 5.79 Å². The van der Waals surface area contributed by atoms with Crippen LogP contribution in [0.25, 0.3) is 0 Å². The number of para-hydroxylation sites is 2. The standard InChI is InChI=1S/C15H14O3.C12H11P/c1-16-15(17-2)11-7-3-5-9-13(11)18-14-10-6-4-8-12(14)15;1-3-7-11(8-4-1)13-12-9-5-2-6-10-12/h3-10H,1-2H3;1-10,13H. The molecule has 0 amide bonds. The van der Waals surface area contributed by atoms with E-state index in [1.54, 1.807) is 14.2 Å². The van der Waals surface area contributed by atoms with Crippen LogP contribution in [0.3, 0.4) is 0 Å². The van der Waals surface area contributed by atoms with E-state index in [-0.39, 0.29) is 0 Å². The molecule has 0 bridgehead atoms. The minimum Gasteiger partial charge on any atom is -0.456 e. The van der Waals surface area contributed by atoms with Gasteiger partial charge in [-0.3, -0.25) is 0 Å². The highest BCUT2D eigenvalue weighted by Crippen LogP contribution is 2.48. The van der Waals surface area contributed by atoms with Crippen molar-refractivity contribution in [3.8, 4) is 11.5 Å². The number of hydrogen-bond acceptors (Lipinski definition) is 3. The van der Waals surface area contributed by atoms with E-state index in [1.807, 2.05) is 48.5 Å². The summed E-state index contributed by atoms with van der Waals surface area (Å²) in [4.78, 5) is 0. The van der Waals surface area contributed by atoms with Gasteiger partial charge in [0.15, 0.2) is 0 Å². The van der Waals surface area contributed by atoms with Gasteiger partial charge in [0.2, 0.25) is 5.79 Å². The van der Waals surface area contributed by atoms with E-state index in [4.69, 9.17) is 14.2 Å². The topological polar surface area (TPSA) is 27.7 Å². The number of hydrogen-bond donors (Lipinski definition) is 0. The average molecular weight is 428 g/mol. The van der Waals surface area contributed by atoms with Crippen molar-refractivity contribution >= 4 is 19.2 Å². The number of benzene rings is 4. The van der Waals surface area contributed by atoms with E-state index < -0.39 is 5.79 Å². The van der Waals surface area contributed by atoms with Crippen LogP contribution in [0.5, 0.6) is 11.5 Å². The molecule has 156 valence electrons. The molecule has 1 aliphatic heterocycles. The van der Waals surface area contributed by atoms with Crippen molar-refractivity contribution in [2.24, 2.45) is 0 Å². The lowest BCUT2D eigenvalue weighted by Gasteiger charge is -2.37. The molecule has 3 nitrogen and oxygen atoms in total. The van der Waals surface area contributed by atoms with E-state index in [0.717, 1.165) is 31.2 Å². The van der Waals surface area contributed by atoms with Crippen LogP contribution >= 0.6 is 8.58 Å². The van der Waals surface area contributed by atoms with Gasteiger partial charge in [-0.05, 0) is 34.9 Å². The van der Waals surface area contributed by atoms with Crippen molar-refractivity contribution in [1.82, 2.24) is 0 Å². The van der Waals surface area contributed by atoms with E-state index in [1.165, 1.54) is 10.6 Å². The fourth-order valence-electron chi connectivity index (χ4n) is 3.65. The maximum Gasteiger partial charge on any atom is 0.229 e. The van der Waals surface area contributed by atoms with Crippen LogP contribution < -0.4 is 15.3 Å². The van der Waals surface area contributed by atoms with Crippen LogP contribution in [-0.4, -0.2) is 14.2 Å². The summed E-state index contributed by atoms with van der Waals surface area (Å²) >= 11 is 0. The quantitative estimate of drug-likeness (QED) is 0.313. The van der Waals surface area contributed by atoms with Crippen LogP contribution in [0.1, 0.15) is 11.1 Å². The minimum absolute atomic E-state index is 0.764. The summed E-state index contributed by atoms with van der Waals surface area (Å²) in [6, 6.07) is 36.7.